The fourth-order valence-electron chi connectivity index (χ4n) is 2.22. The zero-order chi connectivity index (χ0) is 15.5. The van der Waals surface area contributed by atoms with Crippen molar-refractivity contribution in [3.8, 4) is 0 Å². The number of nitrogen functional groups attached to an aromatic ring is 1. The van der Waals surface area contributed by atoms with E-state index in [1.54, 1.807) is 0 Å². The van der Waals surface area contributed by atoms with Gasteiger partial charge in [0, 0.05) is 23.7 Å². The van der Waals surface area contributed by atoms with E-state index in [1.807, 2.05) is 25.1 Å². The number of ether oxygens (including phenoxy) is 1. The van der Waals surface area contributed by atoms with Crippen LogP contribution in [0.2, 0.25) is 0 Å². The maximum atomic E-state index is 5.87. The first-order valence-corrected chi connectivity index (χ1v) is 8.03. The number of nitrogens with zero attached hydrogens (tertiary/aromatic N) is 4. The Morgan fingerprint density at radius 2 is 1.91 bits per heavy atom. The van der Waals surface area contributed by atoms with Crippen LogP contribution in [-0.2, 0) is 4.74 Å². The Labute approximate surface area is 134 Å². The van der Waals surface area contributed by atoms with E-state index in [1.165, 1.54) is 11.8 Å². The summed E-state index contributed by atoms with van der Waals surface area (Å²) in [5.41, 5.74) is 7.77. The molecule has 1 saturated heterocycles. The third kappa shape index (κ3) is 3.48. The molecule has 7 heteroatoms. The summed E-state index contributed by atoms with van der Waals surface area (Å²) in [5.74, 6) is 1.44. The average Bonchev–Trinajstić information content (AvgIpc) is 2.51. The number of aromatic nitrogens is 3. The molecule has 1 aliphatic rings. The first kappa shape index (κ1) is 15.1. The van der Waals surface area contributed by atoms with Crippen LogP contribution in [0, 0.1) is 13.8 Å². The molecule has 0 aliphatic carbocycles. The van der Waals surface area contributed by atoms with E-state index in [9.17, 15) is 0 Å². The number of morpholine rings is 1. The van der Waals surface area contributed by atoms with E-state index < -0.39 is 0 Å². The Morgan fingerprint density at radius 3 is 2.68 bits per heavy atom. The molecule has 0 amide bonds. The molecule has 3 rings (SSSR count). The minimum absolute atomic E-state index is 0.697. The lowest BCUT2D eigenvalue weighted by Crippen LogP contribution is -2.37. The molecular weight excluding hydrogens is 298 g/mol. The lowest BCUT2D eigenvalue weighted by Gasteiger charge is -2.26. The van der Waals surface area contributed by atoms with Crippen LogP contribution in [0.1, 0.15) is 11.4 Å². The first-order chi connectivity index (χ1) is 10.6. The van der Waals surface area contributed by atoms with Gasteiger partial charge in [-0.05, 0) is 43.3 Å². The molecule has 0 atom stereocenters. The Morgan fingerprint density at radius 1 is 1.14 bits per heavy atom. The van der Waals surface area contributed by atoms with Crippen molar-refractivity contribution in [2.75, 3.05) is 36.9 Å². The summed E-state index contributed by atoms with van der Waals surface area (Å²) in [4.78, 5) is 16.7. The fraction of sp³-hybridized carbons (Fsp3) is 0.400. The van der Waals surface area contributed by atoms with Crippen LogP contribution < -0.4 is 10.6 Å². The largest absolute Gasteiger partial charge is 0.399 e. The summed E-state index contributed by atoms with van der Waals surface area (Å²) < 4.78 is 5.37. The molecule has 1 aromatic carbocycles. The second kappa shape index (κ2) is 6.50. The van der Waals surface area contributed by atoms with Gasteiger partial charge in [0.1, 0.15) is 5.82 Å². The number of benzene rings is 1. The highest BCUT2D eigenvalue weighted by Gasteiger charge is 2.16. The third-order valence-electron chi connectivity index (χ3n) is 3.42. The average molecular weight is 317 g/mol. The number of hydrogen-bond acceptors (Lipinski definition) is 7. The predicted octanol–water partition coefficient (Wildman–Crippen LogP) is 2.06. The van der Waals surface area contributed by atoms with Crippen molar-refractivity contribution in [2.24, 2.45) is 0 Å². The highest BCUT2D eigenvalue weighted by molar-refractivity contribution is 7.99. The summed E-state index contributed by atoms with van der Waals surface area (Å²) >= 11 is 1.52. The van der Waals surface area contributed by atoms with Gasteiger partial charge in [-0.15, -0.1) is 0 Å². The molecule has 2 heterocycles. The summed E-state index contributed by atoms with van der Waals surface area (Å²) in [6.07, 6.45) is 0. The van der Waals surface area contributed by atoms with Crippen molar-refractivity contribution in [3.05, 3.63) is 29.6 Å². The van der Waals surface area contributed by atoms with Gasteiger partial charge in [0.25, 0.3) is 0 Å². The van der Waals surface area contributed by atoms with Crippen molar-refractivity contribution >= 4 is 23.4 Å². The van der Waals surface area contributed by atoms with Gasteiger partial charge in [-0.25, -0.2) is 4.98 Å². The van der Waals surface area contributed by atoms with E-state index >= 15 is 0 Å². The van der Waals surface area contributed by atoms with Crippen molar-refractivity contribution in [1.82, 2.24) is 15.0 Å². The topological polar surface area (TPSA) is 77.2 Å². The maximum absolute atomic E-state index is 5.87. The maximum Gasteiger partial charge on any atom is 0.229 e. The van der Waals surface area contributed by atoms with Crippen LogP contribution >= 0.6 is 11.8 Å². The van der Waals surface area contributed by atoms with E-state index in [2.05, 4.69) is 26.8 Å². The van der Waals surface area contributed by atoms with Gasteiger partial charge in [-0.2, -0.15) is 9.97 Å². The van der Waals surface area contributed by atoms with Crippen LogP contribution in [0.5, 0.6) is 0 Å². The summed E-state index contributed by atoms with van der Waals surface area (Å²) in [5, 5.41) is 0.697. The van der Waals surface area contributed by atoms with Gasteiger partial charge in [0.2, 0.25) is 5.95 Å². The lowest BCUT2D eigenvalue weighted by molar-refractivity contribution is 0.122. The van der Waals surface area contributed by atoms with E-state index in [4.69, 9.17) is 10.5 Å². The minimum atomic E-state index is 0.697. The molecule has 116 valence electrons. The van der Waals surface area contributed by atoms with Gasteiger partial charge in [-0.3, -0.25) is 0 Å². The Kier molecular flexibility index (Phi) is 4.44. The quantitative estimate of drug-likeness (QED) is 0.868. The molecule has 0 saturated carbocycles. The number of rotatable bonds is 3. The number of hydrogen-bond donors (Lipinski definition) is 1. The smallest absolute Gasteiger partial charge is 0.229 e. The van der Waals surface area contributed by atoms with Gasteiger partial charge < -0.3 is 15.4 Å². The molecule has 0 radical (unpaired) electrons. The Balaban J connectivity index is 1.87. The zero-order valence-corrected chi connectivity index (χ0v) is 13.6. The van der Waals surface area contributed by atoms with Gasteiger partial charge in [0.05, 0.1) is 13.2 Å². The second-order valence-electron chi connectivity index (χ2n) is 5.19. The number of aryl methyl sites for hydroxylation is 2. The molecule has 0 bridgehead atoms. The van der Waals surface area contributed by atoms with Crippen LogP contribution in [0.25, 0.3) is 0 Å². The second-order valence-corrected chi connectivity index (χ2v) is 6.20. The molecule has 2 N–H and O–H groups in total. The van der Waals surface area contributed by atoms with E-state index in [-0.39, 0.29) is 0 Å². The lowest BCUT2D eigenvalue weighted by atomic mass is 10.2. The van der Waals surface area contributed by atoms with Crippen molar-refractivity contribution < 1.29 is 4.74 Å². The zero-order valence-electron chi connectivity index (χ0n) is 12.7. The number of nitrogens with two attached hydrogens (primary N) is 1. The molecule has 0 spiro atoms. The molecule has 22 heavy (non-hydrogen) atoms. The number of anilines is 2. The van der Waals surface area contributed by atoms with Crippen molar-refractivity contribution in [1.29, 1.82) is 0 Å². The fourth-order valence-corrected chi connectivity index (χ4v) is 3.14. The third-order valence-corrected chi connectivity index (χ3v) is 4.45. The normalized spacial score (nSPS) is 15.1. The van der Waals surface area contributed by atoms with Crippen LogP contribution in [0.4, 0.5) is 11.6 Å². The van der Waals surface area contributed by atoms with E-state index in [0.29, 0.717) is 18.4 Å². The Bertz CT molecular complexity index is 673. The van der Waals surface area contributed by atoms with Gasteiger partial charge >= 0.3 is 0 Å². The standard InChI is InChI=1S/C15H19N5OS/c1-10-3-4-12(16)9-13(10)22-15-18-11(2)17-14(19-15)20-5-7-21-8-6-20/h3-4,9H,5-8,16H2,1-2H3. The van der Waals surface area contributed by atoms with Crippen LogP contribution in [0.15, 0.2) is 28.3 Å². The molecule has 0 unspecified atom stereocenters. The highest BCUT2D eigenvalue weighted by Crippen LogP contribution is 2.30. The van der Waals surface area contributed by atoms with Crippen LogP contribution in [-0.4, -0.2) is 41.3 Å². The molecule has 1 aromatic heterocycles. The Hall–Kier alpha value is -1.86. The summed E-state index contributed by atoms with van der Waals surface area (Å²) in [6.45, 7) is 6.99. The summed E-state index contributed by atoms with van der Waals surface area (Å²) in [7, 11) is 0. The van der Waals surface area contributed by atoms with E-state index in [0.717, 1.165) is 41.0 Å². The predicted molar refractivity (Wildman–Crippen MR) is 87.3 cm³/mol. The van der Waals surface area contributed by atoms with Crippen molar-refractivity contribution in [3.63, 3.8) is 0 Å². The molecule has 6 nitrogen and oxygen atoms in total. The van der Waals surface area contributed by atoms with Crippen LogP contribution in [0.3, 0.4) is 0 Å². The minimum Gasteiger partial charge on any atom is -0.399 e. The monoisotopic (exact) mass is 317 g/mol. The van der Waals surface area contributed by atoms with Gasteiger partial charge in [0.15, 0.2) is 5.16 Å². The molecular formula is C15H19N5OS. The highest BCUT2D eigenvalue weighted by atomic mass is 32.2. The SMILES string of the molecule is Cc1nc(Sc2cc(N)ccc2C)nc(N2CCOCC2)n1. The summed E-state index contributed by atoms with van der Waals surface area (Å²) in [6, 6.07) is 5.86. The molecule has 2 aromatic rings. The molecule has 1 fully saturated rings. The van der Waals surface area contributed by atoms with Gasteiger partial charge in [-0.1, -0.05) is 6.07 Å². The first-order valence-electron chi connectivity index (χ1n) is 7.21. The van der Waals surface area contributed by atoms with Crippen molar-refractivity contribution in [2.45, 2.75) is 23.9 Å². The molecule has 1 aliphatic heterocycles.